The monoisotopic (exact) mass is 258 g/mol. The molecule has 0 unspecified atom stereocenters. The first-order valence-corrected chi connectivity index (χ1v) is 5.38. The first-order chi connectivity index (χ1) is 9.09. The maximum absolute atomic E-state index is 10.7. The van der Waals surface area contributed by atoms with Gasteiger partial charge < -0.3 is 10.2 Å². The molecule has 96 valence electrons. The lowest BCUT2D eigenvalue weighted by atomic mass is 10.2. The van der Waals surface area contributed by atoms with Crippen LogP contribution in [0.25, 0.3) is 0 Å². The van der Waals surface area contributed by atoms with E-state index < -0.39 is 10.7 Å². The summed E-state index contributed by atoms with van der Waals surface area (Å²) >= 11 is 0. The van der Waals surface area contributed by atoms with Crippen molar-refractivity contribution in [3.05, 3.63) is 58.1 Å². The van der Waals surface area contributed by atoms with E-state index in [9.17, 15) is 20.3 Å². The van der Waals surface area contributed by atoms with Crippen molar-refractivity contribution in [2.45, 2.75) is 0 Å². The third-order valence-electron chi connectivity index (χ3n) is 2.47. The predicted octanol–water partition coefficient (Wildman–Crippen LogP) is 2.76. The van der Waals surface area contributed by atoms with E-state index >= 15 is 0 Å². The van der Waals surface area contributed by atoms with Crippen LogP contribution in [0.1, 0.15) is 5.56 Å². The smallest absolute Gasteiger partial charge is 0.311 e. The largest absolute Gasteiger partial charge is 0.506 e. The summed E-state index contributed by atoms with van der Waals surface area (Å²) in [5.41, 5.74) is 0.132. The number of aromatic hydroxyl groups is 2. The van der Waals surface area contributed by atoms with Gasteiger partial charge in [-0.1, -0.05) is 18.2 Å². The molecule has 2 aromatic rings. The zero-order valence-corrected chi connectivity index (χ0v) is 9.72. The average Bonchev–Trinajstić information content (AvgIpc) is 2.39. The number of aliphatic imine (C=N–C) groups is 1. The molecule has 0 radical (unpaired) electrons. The van der Waals surface area contributed by atoms with Gasteiger partial charge in [0.25, 0.3) is 0 Å². The summed E-state index contributed by atoms with van der Waals surface area (Å²) in [6.45, 7) is 0. The third kappa shape index (κ3) is 2.68. The Morgan fingerprint density at radius 3 is 2.53 bits per heavy atom. The second-order valence-electron chi connectivity index (χ2n) is 3.72. The zero-order valence-electron chi connectivity index (χ0n) is 9.72. The average molecular weight is 258 g/mol. The van der Waals surface area contributed by atoms with Gasteiger partial charge in [-0.05, 0) is 18.2 Å². The number of para-hydroxylation sites is 3. The summed E-state index contributed by atoms with van der Waals surface area (Å²) in [5.74, 6) is -0.463. The number of phenols is 2. The highest BCUT2D eigenvalue weighted by atomic mass is 16.6. The van der Waals surface area contributed by atoms with Gasteiger partial charge in [-0.2, -0.15) is 0 Å². The highest BCUT2D eigenvalue weighted by Crippen LogP contribution is 2.29. The van der Waals surface area contributed by atoms with Crippen molar-refractivity contribution < 1.29 is 15.1 Å². The molecule has 0 saturated carbocycles. The predicted molar refractivity (Wildman–Crippen MR) is 70.1 cm³/mol. The molecule has 0 bridgehead atoms. The normalized spacial score (nSPS) is 10.7. The van der Waals surface area contributed by atoms with Gasteiger partial charge in [-0.25, -0.2) is 0 Å². The fourth-order valence-corrected chi connectivity index (χ4v) is 1.51. The molecule has 2 aromatic carbocycles. The summed E-state index contributed by atoms with van der Waals surface area (Å²) in [6, 6.07) is 10.5. The Kier molecular flexibility index (Phi) is 3.42. The number of nitrogens with zero attached hydrogens (tertiary/aromatic N) is 2. The molecule has 2 rings (SSSR count). The van der Waals surface area contributed by atoms with Gasteiger partial charge >= 0.3 is 5.69 Å². The Bertz CT molecular complexity index is 653. The molecular formula is C13H10N2O4. The minimum absolute atomic E-state index is 0.0105. The van der Waals surface area contributed by atoms with E-state index in [-0.39, 0.29) is 17.0 Å². The molecule has 0 spiro atoms. The fraction of sp³-hybridized carbons (Fsp3) is 0. The van der Waals surface area contributed by atoms with Crippen LogP contribution in [0, 0.1) is 10.1 Å². The quantitative estimate of drug-likeness (QED) is 0.502. The third-order valence-corrected chi connectivity index (χ3v) is 2.47. The molecule has 2 N–H and O–H groups in total. The summed E-state index contributed by atoms with van der Waals surface area (Å²) in [6.07, 6.45) is 1.26. The molecule has 0 aliphatic heterocycles. The summed E-state index contributed by atoms with van der Waals surface area (Å²) in [5, 5.41) is 29.9. The zero-order chi connectivity index (χ0) is 13.8. The number of nitro groups is 1. The number of phenolic OH excluding ortho intramolecular Hbond substituents is 2. The molecule has 19 heavy (non-hydrogen) atoms. The molecule has 0 amide bonds. The second-order valence-corrected chi connectivity index (χ2v) is 3.72. The van der Waals surface area contributed by atoms with Crippen LogP contribution in [0.3, 0.4) is 0 Å². The molecule has 6 nitrogen and oxygen atoms in total. The lowest BCUT2D eigenvalue weighted by molar-refractivity contribution is -0.385. The molecular weight excluding hydrogens is 248 g/mol. The van der Waals surface area contributed by atoms with Crippen LogP contribution in [-0.4, -0.2) is 21.4 Å². The van der Waals surface area contributed by atoms with E-state index in [2.05, 4.69) is 4.99 Å². The molecule has 0 fully saturated rings. The number of hydrogen-bond acceptors (Lipinski definition) is 5. The van der Waals surface area contributed by atoms with Gasteiger partial charge in [-0.15, -0.1) is 0 Å². The summed E-state index contributed by atoms with van der Waals surface area (Å²) in [4.78, 5) is 14.0. The van der Waals surface area contributed by atoms with Gasteiger partial charge in [0.05, 0.1) is 4.92 Å². The summed E-state index contributed by atoms with van der Waals surface area (Å²) < 4.78 is 0. The lowest BCUT2D eigenvalue weighted by Crippen LogP contribution is -1.91. The second kappa shape index (κ2) is 5.18. The van der Waals surface area contributed by atoms with Crippen molar-refractivity contribution >= 4 is 17.6 Å². The van der Waals surface area contributed by atoms with Crippen molar-refractivity contribution in [1.82, 2.24) is 0 Å². The van der Waals surface area contributed by atoms with Crippen LogP contribution < -0.4 is 0 Å². The Hall–Kier alpha value is -2.89. The van der Waals surface area contributed by atoms with Crippen molar-refractivity contribution in [2.24, 2.45) is 4.99 Å². The Labute approximate surface area is 108 Å². The SMILES string of the molecule is O=[N+]([O-])c1cccc(C=Nc2ccccc2O)c1O. The number of hydrogen-bond donors (Lipinski definition) is 2. The van der Waals surface area contributed by atoms with E-state index in [4.69, 9.17) is 0 Å². The lowest BCUT2D eigenvalue weighted by Gasteiger charge is -2.00. The minimum atomic E-state index is -0.674. The van der Waals surface area contributed by atoms with Crippen LogP contribution in [-0.2, 0) is 0 Å². The fourth-order valence-electron chi connectivity index (χ4n) is 1.51. The van der Waals surface area contributed by atoms with Crippen LogP contribution in [0.15, 0.2) is 47.5 Å². The van der Waals surface area contributed by atoms with Gasteiger partial charge in [-0.3, -0.25) is 15.1 Å². The van der Waals surface area contributed by atoms with E-state index in [0.29, 0.717) is 5.69 Å². The number of rotatable bonds is 3. The molecule has 0 saturated heterocycles. The van der Waals surface area contributed by atoms with Gasteiger partial charge in [0.2, 0.25) is 5.75 Å². The molecule has 0 aliphatic rings. The highest BCUT2D eigenvalue weighted by molar-refractivity contribution is 5.87. The number of nitro benzene ring substituents is 1. The Balaban J connectivity index is 2.37. The van der Waals surface area contributed by atoms with E-state index in [1.54, 1.807) is 18.2 Å². The minimum Gasteiger partial charge on any atom is -0.506 e. The van der Waals surface area contributed by atoms with E-state index in [1.807, 2.05) is 0 Å². The summed E-state index contributed by atoms with van der Waals surface area (Å²) in [7, 11) is 0. The van der Waals surface area contributed by atoms with Gasteiger partial charge in [0.1, 0.15) is 11.4 Å². The number of benzene rings is 2. The first-order valence-electron chi connectivity index (χ1n) is 5.38. The van der Waals surface area contributed by atoms with Crippen LogP contribution in [0.2, 0.25) is 0 Å². The van der Waals surface area contributed by atoms with Crippen molar-refractivity contribution in [1.29, 1.82) is 0 Å². The van der Waals surface area contributed by atoms with Crippen LogP contribution >= 0.6 is 0 Å². The van der Waals surface area contributed by atoms with Gasteiger partial charge in [0, 0.05) is 17.8 Å². The molecule has 0 heterocycles. The maximum atomic E-state index is 10.7. The highest BCUT2D eigenvalue weighted by Gasteiger charge is 2.14. The first kappa shape index (κ1) is 12.6. The van der Waals surface area contributed by atoms with Crippen LogP contribution in [0.4, 0.5) is 11.4 Å². The van der Waals surface area contributed by atoms with Gasteiger partial charge in [0.15, 0.2) is 0 Å². The van der Waals surface area contributed by atoms with E-state index in [0.717, 1.165) is 0 Å². The maximum Gasteiger partial charge on any atom is 0.311 e. The van der Waals surface area contributed by atoms with Crippen molar-refractivity contribution in [3.8, 4) is 11.5 Å². The van der Waals surface area contributed by atoms with Crippen LogP contribution in [0.5, 0.6) is 11.5 Å². The molecule has 0 aliphatic carbocycles. The van der Waals surface area contributed by atoms with E-state index in [1.165, 1.54) is 30.5 Å². The molecule has 6 heteroatoms. The van der Waals surface area contributed by atoms with Crippen molar-refractivity contribution in [2.75, 3.05) is 0 Å². The Morgan fingerprint density at radius 1 is 1.11 bits per heavy atom. The topological polar surface area (TPSA) is 96.0 Å². The standard InChI is InChI=1S/C13H10N2O4/c16-12-7-2-1-5-10(12)14-8-9-4-3-6-11(13(9)17)15(18)19/h1-8,16-17H. The molecule has 0 aromatic heterocycles. The molecule has 0 atom stereocenters. The van der Waals surface area contributed by atoms with Crippen molar-refractivity contribution in [3.63, 3.8) is 0 Å². The Morgan fingerprint density at radius 2 is 1.84 bits per heavy atom.